The first-order chi connectivity index (χ1) is 7.23. The van der Waals surface area contributed by atoms with E-state index in [1.165, 1.54) is 0 Å². The number of nitro benzene ring substituents is 1. The molecule has 88 valence electrons. The summed E-state index contributed by atoms with van der Waals surface area (Å²) >= 11 is 0. The van der Waals surface area contributed by atoms with Crippen LogP contribution in [0.15, 0.2) is 18.2 Å². The fraction of sp³-hybridized carbons (Fsp3) is 0.538. The maximum Gasteiger partial charge on any atom is 0.273 e. The zero-order valence-electron chi connectivity index (χ0n) is 10.6. The Morgan fingerprint density at radius 2 is 1.81 bits per heavy atom. The van der Waals surface area contributed by atoms with Gasteiger partial charge < -0.3 is 0 Å². The molecule has 0 heterocycles. The van der Waals surface area contributed by atoms with Crippen LogP contribution in [0, 0.1) is 10.1 Å². The molecule has 0 fully saturated rings. The molecule has 1 rings (SSSR count). The highest BCUT2D eigenvalue weighted by atomic mass is 16.6. The second kappa shape index (κ2) is 4.24. The van der Waals surface area contributed by atoms with E-state index in [4.69, 9.17) is 0 Å². The van der Waals surface area contributed by atoms with Gasteiger partial charge in [0.2, 0.25) is 0 Å². The van der Waals surface area contributed by atoms with Crippen molar-refractivity contribution in [2.75, 3.05) is 0 Å². The standard InChI is InChI=1S/C13H19NO2/c1-9(2)11-7-6-10(13(3,4)5)8-12(11)14(15)16/h6-9H,1-5H3. The van der Waals surface area contributed by atoms with E-state index < -0.39 is 0 Å². The molecule has 0 aliphatic heterocycles. The Bertz CT molecular complexity index is 403. The molecule has 0 atom stereocenters. The van der Waals surface area contributed by atoms with E-state index in [9.17, 15) is 10.1 Å². The van der Waals surface area contributed by atoms with Crippen molar-refractivity contribution in [3.8, 4) is 0 Å². The second-order valence-corrected chi connectivity index (χ2v) is 5.44. The Hall–Kier alpha value is -1.38. The minimum atomic E-state index is -0.287. The monoisotopic (exact) mass is 221 g/mol. The van der Waals surface area contributed by atoms with Crippen molar-refractivity contribution in [1.82, 2.24) is 0 Å². The van der Waals surface area contributed by atoms with Gasteiger partial charge in [0, 0.05) is 11.6 Å². The summed E-state index contributed by atoms with van der Waals surface area (Å²) in [7, 11) is 0. The van der Waals surface area contributed by atoms with Crippen molar-refractivity contribution < 1.29 is 4.92 Å². The van der Waals surface area contributed by atoms with Gasteiger partial charge >= 0.3 is 0 Å². The van der Waals surface area contributed by atoms with Crippen molar-refractivity contribution in [2.45, 2.75) is 46.0 Å². The van der Waals surface area contributed by atoms with Gasteiger partial charge in [-0.3, -0.25) is 10.1 Å². The molecule has 0 N–H and O–H groups in total. The molecular formula is C13H19NO2. The fourth-order valence-corrected chi connectivity index (χ4v) is 1.66. The summed E-state index contributed by atoms with van der Waals surface area (Å²) in [4.78, 5) is 10.7. The van der Waals surface area contributed by atoms with Gasteiger partial charge in [-0.05, 0) is 16.9 Å². The Labute approximate surface area is 96.6 Å². The zero-order valence-corrected chi connectivity index (χ0v) is 10.6. The van der Waals surface area contributed by atoms with Gasteiger partial charge in [0.25, 0.3) is 5.69 Å². The molecule has 3 heteroatoms. The van der Waals surface area contributed by atoms with E-state index >= 15 is 0 Å². The van der Waals surface area contributed by atoms with Crippen LogP contribution in [-0.4, -0.2) is 4.92 Å². The number of nitro groups is 1. The Morgan fingerprint density at radius 3 is 2.19 bits per heavy atom. The summed E-state index contributed by atoms with van der Waals surface area (Å²) in [5.74, 6) is 0.175. The number of rotatable bonds is 2. The van der Waals surface area contributed by atoms with E-state index in [-0.39, 0.29) is 21.9 Å². The van der Waals surface area contributed by atoms with Crippen LogP contribution in [-0.2, 0) is 5.41 Å². The highest BCUT2D eigenvalue weighted by molar-refractivity contribution is 5.46. The van der Waals surface area contributed by atoms with Gasteiger partial charge in [-0.15, -0.1) is 0 Å². The molecular weight excluding hydrogens is 202 g/mol. The van der Waals surface area contributed by atoms with Crippen molar-refractivity contribution in [2.24, 2.45) is 0 Å². The zero-order chi connectivity index (χ0) is 12.5. The third-order valence-electron chi connectivity index (χ3n) is 2.72. The lowest BCUT2D eigenvalue weighted by Crippen LogP contribution is -2.12. The first kappa shape index (κ1) is 12.7. The lowest BCUT2D eigenvalue weighted by atomic mass is 9.85. The molecule has 0 spiro atoms. The van der Waals surface area contributed by atoms with Crippen LogP contribution < -0.4 is 0 Å². The molecule has 3 nitrogen and oxygen atoms in total. The van der Waals surface area contributed by atoms with Crippen LogP contribution in [0.1, 0.15) is 51.7 Å². The molecule has 1 aromatic rings. The predicted molar refractivity (Wildman–Crippen MR) is 65.9 cm³/mol. The lowest BCUT2D eigenvalue weighted by Gasteiger charge is -2.19. The van der Waals surface area contributed by atoms with Gasteiger partial charge in [0.1, 0.15) is 0 Å². The molecule has 0 aliphatic rings. The van der Waals surface area contributed by atoms with E-state index in [1.54, 1.807) is 6.07 Å². The quantitative estimate of drug-likeness (QED) is 0.559. The van der Waals surface area contributed by atoms with Crippen molar-refractivity contribution in [3.63, 3.8) is 0 Å². The molecule has 0 aromatic heterocycles. The Kier molecular flexibility index (Phi) is 3.36. The largest absolute Gasteiger partial charge is 0.273 e. The fourth-order valence-electron chi connectivity index (χ4n) is 1.66. The summed E-state index contributed by atoms with van der Waals surface area (Å²) < 4.78 is 0. The SMILES string of the molecule is CC(C)c1ccc(C(C)(C)C)cc1[N+](=O)[O-]. The average Bonchev–Trinajstić information content (AvgIpc) is 2.15. The van der Waals surface area contributed by atoms with Crippen LogP contribution in [0.5, 0.6) is 0 Å². The number of benzene rings is 1. The summed E-state index contributed by atoms with van der Waals surface area (Å²) in [6.07, 6.45) is 0. The van der Waals surface area contributed by atoms with Crippen LogP contribution in [0.2, 0.25) is 0 Å². The molecule has 0 unspecified atom stereocenters. The normalized spacial score (nSPS) is 11.9. The molecule has 0 saturated heterocycles. The van der Waals surface area contributed by atoms with E-state index in [2.05, 4.69) is 20.8 Å². The average molecular weight is 221 g/mol. The first-order valence-electron chi connectivity index (χ1n) is 5.52. The third-order valence-corrected chi connectivity index (χ3v) is 2.72. The van der Waals surface area contributed by atoms with Crippen LogP contribution in [0.3, 0.4) is 0 Å². The van der Waals surface area contributed by atoms with Crippen molar-refractivity contribution in [1.29, 1.82) is 0 Å². The summed E-state index contributed by atoms with van der Waals surface area (Å²) in [5.41, 5.74) is 1.99. The highest BCUT2D eigenvalue weighted by Gasteiger charge is 2.21. The van der Waals surface area contributed by atoms with Gasteiger partial charge in [-0.2, -0.15) is 0 Å². The summed E-state index contributed by atoms with van der Waals surface area (Å²) in [5, 5.41) is 11.0. The molecule has 0 amide bonds. The molecule has 0 bridgehead atoms. The Morgan fingerprint density at radius 1 is 1.25 bits per heavy atom. The van der Waals surface area contributed by atoms with E-state index in [0.29, 0.717) is 0 Å². The maximum absolute atomic E-state index is 11.0. The van der Waals surface area contributed by atoms with Gasteiger partial charge in [0.15, 0.2) is 0 Å². The first-order valence-corrected chi connectivity index (χ1v) is 5.52. The Balaban J connectivity index is 3.34. The third kappa shape index (κ3) is 2.60. The van der Waals surface area contributed by atoms with Crippen LogP contribution in [0.25, 0.3) is 0 Å². The van der Waals surface area contributed by atoms with E-state index in [0.717, 1.165) is 11.1 Å². The van der Waals surface area contributed by atoms with Crippen LogP contribution in [0.4, 0.5) is 5.69 Å². The minimum Gasteiger partial charge on any atom is -0.258 e. The van der Waals surface area contributed by atoms with Crippen molar-refractivity contribution in [3.05, 3.63) is 39.4 Å². The number of nitrogens with zero attached hydrogens (tertiary/aromatic N) is 1. The lowest BCUT2D eigenvalue weighted by molar-refractivity contribution is -0.385. The van der Waals surface area contributed by atoms with Gasteiger partial charge in [0.05, 0.1) is 4.92 Å². The molecule has 0 aliphatic carbocycles. The maximum atomic E-state index is 11.0. The number of hydrogen-bond acceptors (Lipinski definition) is 2. The molecule has 0 saturated carbocycles. The van der Waals surface area contributed by atoms with E-state index in [1.807, 2.05) is 26.0 Å². The topological polar surface area (TPSA) is 43.1 Å². The van der Waals surface area contributed by atoms with Gasteiger partial charge in [-0.1, -0.05) is 46.8 Å². The molecule has 0 radical (unpaired) electrons. The smallest absolute Gasteiger partial charge is 0.258 e. The van der Waals surface area contributed by atoms with Crippen LogP contribution >= 0.6 is 0 Å². The minimum absolute atomic E-state index is 0.0553. The second-order valence-electron chi connectivity index (χ2n) is 5.44. The van der Waals surface area contributed by atoms with Crippen molar-refractivity contribution >= 4 is 5.69 Å². The summed E-state index contributed by atoms with van der Waals surface area (Å²) in [6, 6.07) is 5.57. The predicted octanol–water partition coefficient (Wildman–Crippen LogP) is 4.02. The number of hydrogen-bond donors (Lipinski definition) is 0. The highest BCUT2D eigenvalue weighted by Crippen LogP contribution is 2.31. The van der Waals surface area contributed by atoms with Gasteiger partial charge in [-0.25, -0.2) is 0 Å². The summed E-state index contributed by atoms with van der Waals surface area (Å²) in [6.45, 7) is 10.1. The molecule has 1 aromatic carbocycles. The molecule has 16 heavy (non-hydrogen) atoms.